The van der Waals surface area contributed by atoms with Gasteiger partial charge in [0.25, 0.3) is 5.91 Å². The molecule has 0 aromatic carbocycles. The van der Waals surface area contributed by atoms with Crippen molar-refractivity contribution in [2.24, 2.45) is 5.11 Å². The Labute approximate surface area is 74.6 Å². The summed E-state index contributed by atoms with van der Waals surface area (Å²) in [4.78, 5) is 16.5. The smallest absolute Gasteiger partial charge is 0.267 e. The van der Waals surface area contributed by atoms with Gasteiger partial charge >= 0.3 is 0 Å². The van der Waals surface area contributed by atoms with Gasteiger partial charge in [-0.1, -0.05) is 5.11 Å². The number of amides is 1. The minimum Gasteiger partial charge on any atom is -0.357 e. The first kappa shape index (κ1) is 9.15. The standard InChI is InChI=1S/C7H9N5O/c8-12-11-5-4-10-7(13)6-2-1-3-9-6/h1-3,9H,4-5H2,(H,10,13). The van der Waals surface area contributed by atoms with Crippen LogP contribution in [-0.4, -0.2) is 24.0 Å². The van der Waals surface area contributed by atoms with Gasteiger partial charge in [-0.05, 0) is 17.7 Å². The highest BCUT2D eigenvalue weighted by atomic mass is 16.1. The lowest BCUT2D eigenvalue weighted by atomic mass is 10.4. The van der Waals surface area contributed by atoms with Crippen LogP contribution >= 0.6 is 0 Å². The molecule has 0 unspecified atom stereocenters. The molecule has 0 aliphatic carbocycles. The molecule has 0 saturated carbocycles. The lowest BCUT2D eigenvalue weighted by molar-refractivity contribution is 0.0950. The van der Waals surface area contributed by atoms with Gasteiger partial charge in [0.05, 0.1) is 0 Å². The van der Waals surface area contributed by atoms with Crippen LogP contribution in [0.4, 0.5) is 0 Å². The molecule has 6 nitrogen and oxygen atoms in total. The van der Waals surface area contributed by atoms with Crippen LogP contribution in [-0.2, 0) is 0 Å². The van der Waals surface area contributed by atoms with E-state index in [1.807, 2.05) is 0 Å². The van der Waals surface area contributed by atoms with Gasteiger partial charge in [-0.2, -0.15) is 0 Å². The van der Waals surface area contributed by atoms with Crippen molar-refractivity contribution in [1.29, 1.82) is 0 Å². The van der Waals surface area contributed by atoms with Gasteiger partial charge in [0, 0.05) is 24.2 Å². The highest BCUT2D eigenvalue weighted by Gasteiger charge is 2.02. The molecule has 0 aliphatic heterocycles. The molecule has 0 fully saturated rings. The average molecular weight is 179 g/mol. The third-order valence-corrected chi connectivity index (χ3v) is 1.40. The fourth-order valence-electron chi connectivity index (χ4n) is 0.831. The van der Waals surface area contributed by atoms with E-state index in [2.05, 4.69) is 20.3 Å². The molecule has 1 amide bonds. The van der Waals surface area contributed by atoms with Gasteiger partial charge in [-0.3, -0.25) is 4.79 Å². The number of hydrogen-bond donors (Lipinski definition) is 2. The highest BCUT2D eigenvalue weighted by molar-refractivity contribution is 5.92. The van der Waals surface area contributed by atoms with Crippen molar-refractivity contribution in [3.8, 4) is 0 Å². The first-order chi connectivity index (χ1) is 6.34. The lowest BCUT2D eigenvalue weighted by Crippen LogP contribution is -2.26. The Kier molecular flexibility index (Phi) is 3.41. The molecule has 1 heterocycles. The van der Waals surface area contributed by atoms with Gasteiger partial charge in [-0.25, -0.2) is 0 Å². The first-order valence-electron chi connectivity index (χ1n) is 3.77. The summed E-state index contributed by atoms with van der Waals surface area (Å²) in [5.74, 6) is -0.196. The minimum atomic E-state index is -0.196. The van der Waals surface area contributed by atoms with E-state index in [0.29, 0.717) is 12.2 Å². The molecule has 6 heteroatoms. The Hall–Kier alpha value is -1.94. The zero-order chi connectivity index (χ0) is 9.52. The molecule has 0 radical (unpaired) electrons. The molecule has 0 saturated heterocycles. The first-order valence-corrected chi connectivity index (χ1v) is 3.77. The largest absolute Gasteiger partial charge is 0.357 e. The van der Waals surface area contributed by atoms with Gasteiger partial charge in [-0.15, -0.1) is 0 Å². The molecular weight excluding hydrogens is 170 g/mol. The molecule has 0 bridgehead atoms. The van der Waals surface area contributed by atoms with Crippen LogP contribution in [0.2, 0.25) is 0 Å². The monoisotopic (exact) mass is 179 g/mol. The Morgan fingerprint density at radius 3 is 3.23 bits per heavy atom. The maximum absolute atomic E-state index is 11.2. The van der Waals surface area contributed by atoms with E-state index in [4.69, 9.17) is 5.53 Å². The second-order valence-corrected chi connectivity index (χ2v) is 2.29. The molecule has 68 valence electrons. The number of carbonyl (C=O) groups is 1. The summed E-state index contributed by atoms with van der Waals surface area (Å²) in [5, 5.41) is 5.87. The van der Waals surface area contributed by atoms with Crippen molar-refractivity contribution in [3.63, 3.8) is 0 Å². The van der Waals surface area contributed by atoms with E-state index in [0.717, 1.165) is 0 Å². The molecule has 1 rings (SSSR count). The van der Waals surface area contributed by atoms with Crippen LogP contribution in [0.1, 0.15) is 10.5 Å². The molecule has 0 spiro atoms. The third kappa shape index (κ3) is 2.88. The molecule has 1 aromatic rings. The summed E-state index contributed by atoms with van der Waals surface area (Å²) in [6, 6.07) is 3.41. The van der Waals surface area contributed by atoms with E-state index in [9.17, 15) is 4.79 Å². The van der Waals surface area contributed by atoms with Gasteiger partial charge in [0.1, 0.15) is 5.69 Å². The van der Waals surface area contributed by atoms with Gasteiger partial charge in [0.2, 0.25) is 0 Å². The normalized spacial score (nSPS) is 8.92. The minimum absolute atomic E-state index is 0.196. The number of aromatic nitrogens is 1. The number of nitrogens with zero attached hydrogens (tertiary/aromatic N) is 3. The molecular formula is C7H9N5O. The van der Waals surface area contributed by atoms with Gasteiger partial charge in [0.15, 0.2) is 0 Å². The van der Waals surface area contributed by atoms with E-state index in [1.54, 1.807) is 18.3 Å². The van der Waals surface area contributed by atoms with E-state index in [-0.39, 0.29) is 12.5 Å². The summed E-state index contributed by atoms with van der Waals surface area (Å²) in [5.41, 5.74) is 8.46. The molecule has 0 aliphatic rings. The Morgan fingerprint density at radius 2 is 2.62 bits per heavy atom. The summed E-state index contributed by atoms with van der Waals surface area (Å²) >= 11 is 0. The van der Waals surface area contributed by atoms with Crippen LogP contribution in [0.3, 0.4) is 0 Å². The second-order valence-electron chi connectivity index (χ2n) is 2.29. The van der Waals surface area contributed by atoms with E-state index >= 15 is 0 Å². The Balaban J connectivity index is 2.30. The van der Waals surface area contributed by atoms with Crippen molar-refractivity contribution in [2.45, 2.75) is 0 Å². The number of H-pyrrole nitrogens is 1. The van der Waals surface area contributed by atoms with Gasteiger partial charge < -0.3 is 10.3 Å². The maximum atomic E-state index is 11.2. The fourth-order valence-corrected chi connectivity index (χ4v) is 0.831. The summed E-state index contributed by atoms with van der Waals surface area (Å²) in [6.07, 6.45) is 1.67. The molecule has 1 aromatic heterocycles. The van der Waals surface area contributed by atoms with Crippen LogP contribution in [0.15, 0.2) is 23.4 Å². The van der Waals surface area contributed by atoms with Crippen molar-refractivity contribution in [1.82, 2.24) is 10.3 Å². The number of nitrogens with one attached hydrogen (secondary N) is 2. The summed E-state index contributed by atoms with van der Waals surface area (Å²) in [7, 11) is 0. The molecule has 13 heavy (non-hydrogen) atoms. The lowest BCUT2D eigenvalue weighted by Gasteiger charge is -1.99. The zero-order valence-electron chi connectivity index (χ0n) is 6.90. The van der Waals surface area contributed by atoms with Crippen LogP contribution in [0.5, 0.6) is 0 Å². The maximum Gasteiger partial charge on any atom is 0.267 e. The number of rotatable bonds is 4. The number of carbonyl (C=O) groups excluding carboxylic acids is 1. The van der Waals surface area contributed by atoms with Crippen molar-refractivity contribution in [2.75, 3.05) is 13.1 Å². The Bertz CT molecular complexity index is 312. The summed E-state index contributed by atoms with van der Waals surface area (Å²) < 4.78 is 0. The van der Waals surface area contributed by atoms with Crippen molar-refractivity contribution >= 4 is 5.91 Å². The van der Waals surface area contributed by atoms with Crippen LogP contribution in [0, 0.1) is 0 Å². The third-order valence-electron chi connectivity index (χ3n) is 1.40. The second kappa shape index (κ2) is 4.84. The SMILES string of the molecule is [N-]=[N+]=NCCNC(=O)c1ccc[nH]1. The molecule has 0 atom stereocenters. The number of aromatic amines is 1. The highest BCUT2D eigenvalue weighted by Crippen LogP contribution is 1.92. The van der Waals surface area contributed by atoms with Crippen molar-refractivity contribution in [3.05, 3.63) is 34.5 Å². The number of hydrogen-bond acceptors (Lipinski definition) is 2. The zero-order valence-corrected chi connectivity index (χ0v) is 6.90. The van der Waals surface area contributed by atoms with Crippen molar-refractivity contribution < 1.29 is 4.79 Å². The number of azide groups is 1. The van der Waals surface area contributed by atoms with E-state index < -0.39 is 0 Å². The van der Waals surface area contributed by atoms with Crippen LogP contribution < -0.4 is 5.32 Å². The summed E-state index contributed by atoms with van der Waals surface area (Å²) in [6.45, 7) is 0.616. The average Bonchev–Trinajstić information content (AvgIpc) is 2.65. The van der Waals surface area contributed by atoms with Crippen LogP contribution in [0.25, 0.3) is 10.4 Å². The predicted octanol–water partition coefficient (Wildman–Crippen LogP) is 1.05. The molecule has 2 N–H and O–H groups in total. The Morgan fingerprint density at radius 1 is 1.77 bits per heavy atom. The topological polar surface area (TPSA) is 93.7 Å². The quantitative estimate of drug-likeness (QED) is 0.307. The fraction of sp³-hybridized carbons (Fsp3) is 0.286. The predicted molar refractivity (Wildman–Crippen MR) is 47.1 cm³/mol. The van der Waals surface area contributed by atoms with E-state index in [1.165, 1.54) is 0 Å².